The average Bonchev–Trinajstić information content (AvgIpc) is 2.18. The van der Waals surface area contributed by atoms with Crippen molar-refractivity contribution in [2.75, 3.05) is 0 Å². The fourth-order valence-electron chi connectivity index (χ4n) is 1.15. The second kappa shape index (κ2) is 6.30. The van der Waals surface area contributed by atoms with E-state index in [1.165, 1.54) is 12.2 Å². The quantitative estimate of drug-likeness (QED) is 0.362. The van der Waals surface area contributed by atoms with E-state index in [2.05, 4.69) is 13.2 Å². The predicted octanol–water partition coefficient (Wildman–Crippen LogP) is 3.24. The number of Topliss-reactive ketones (excluding diaryl/α,β-unsaturated/α-hetero) is 1. The van der Waals surface area contributed by atoms with Crippen LogP contribution >= 0.6 is 0 Å². The maximum Gasteiger partial charge on any atom is 0.196 e. The first-order valence-corrected chi connectivity index (χ1v) is 4.70. The average molecular weight is 196 g/mol. The van der Waals surface area contributed by atoms with Gasteiger partial charge in [0.25, 0.3) is 0 Å². The van der Waals surface area contributed by atoms with Gasteiger partial charge in [-0.25, -0.2) is 4.39 Å². The number of rotatable bonds is 6. The lowest BCUT2D eigenvalue weighted by Gasteiger charge is -2.14. The van der Waals surface area contributed by atoms with Crippen LogP contribution in [-0.4, -0.2) is 12.0 Å². The van der Waals surface area contributed by atoms with E-state index in [4.69, 9.17) is 0 Å². The summed E-state index contributed by atoms with van der Waals surface area (Å²) >= 11 is 0. The Hall–Kier alpha value is -1.18. The van der Waals surface area contributed by atoms with Crippen molar-refractivity contribution < 1.29 is 9.18 Å². The van der Waals surface area contributed by atoms with Crippen LogP contribution in [0.3, 0.4) is 0 Å². The molecular weight excluding hydrogens is 179 g/mol. The molecule has 0 saturated heterocycles. The Balaban J connectivity index is 4.52. The van der Waals surface area contributed by atoms with Gasteiger partial charge in [0.15, 0.2) is 12.0 Å². The van der Waals surface area contributed by atoms with Gasteiger partial charge in [-0.3, -0.25) is 4.79 Å². The highest BCUT2D eigenvalue weighted by molar-refractivity contribution is 6.00. The van der Waals surface area contributed by atoms with Crippen molar-refractivity contribution in [3.63, 3.8) is 0 Å². The zero-order chi connectivity index (χ0) is 11.1. The molecule has 0 bridgehead atoms. The first-order chi connectivity index (χ1) is 6.58. The third-order valence-corrected chi connectivity index (χ3v) is 2.08. The van der Waals surface area contributed by atoms with Gasteiger partial charge in [0, 0.05) is 11.5 Å². The SMILES string of the molecule is C=CC(CC)C(F)C(=O)C(=C)/C=C\C. The molecule has 0 heterocycles. The highest BCUT2D eigenvalue weighted by atomic mass is 19.1. The van der Waals surface area contributed by atoms with Gasteiger partial charge in [-0.05, 0) is 13.3 Å². The summed E-state index contributed by atoms with van der Waals surface area (Å²) in [5, 5.41) is 0. The lowest BCUT2D eigenvalue weighted by atomic mass is 9.94. The van der Waals surface area contributed by atoms with Gasteiger partial charge < -0.3 is 0 Å². The number of ketones is 1. The van der Waals surface area contributed by atoms with Gasteiger partial charge in [-0.15, -0.1) is 6.58 Å². The highest BCUT2D eigenvalue weighted by Gasteiger charge is 2.25. The Bertz CT molecular complexity index is 253. The Kier molecular flexibility index (Phi) is 5.77. The minimum absolute atomic E-state index is 0.209. The third kappa shape index (κ3) is 3.29. The van der Waals surface area contributed by atoms with Crippen LogP contribution in [0.5, 0.6) is 0 Å². The van der Waals surface area contributed by atoms with Gasteiger partial charge in [-0.1, -0.05) is 31.7 Å². The number of allylic oxidation sites excluding steroid dienone is 4. The van der Waals surface area contributed by atoms with Gasteiger partial charge in [0.2, 0.25) is 0 Å². The van der Waals surface area contributed by atoms with E-state index >= 15 is 0 Å². The van der Waals surface area contributed by atoms with E-state index in [0.717, 1.165) is 0 Å². The molecule has 0 fully saturated rings. The Morgan fingerprint density at radius 2 is 2.14 bits per heavy atom. The van der Waals surface area contributed by atoms with E-state index in [1.54, 1.807) is 13.0 Å². The topological polar surface area (TPSA) is 17.1 Å². The standard InChI is InChI=1S/C12H17FO/c1-5-8-9(4)12(14)11(13)10(6-2)7-3/h5-6,8,10-11H,2,4,7H2,1,3H3/b8-5-. The molecule has 2 heteroatoms. The van der Waals surface area contributed by atoms with Crippen molar-refractivity contribution in [3.05, 3.63) is 37.0 Å². The molecule has 78 valence electrons. The van der Waals surface area contributed by atoms with E-state index in [0.29, 0.717) is 6.42 Å². The molecule has 0 aromatic rings. The maximum atomic E-state index is 13.5. The smallest absolute Gasteiger partial charge is 0.196 e. The van der Waals surface area contributed by atoms with Crippen LogP contribution in [0.1, 0.15) is 20.3 Å². The van der Waals surface area contributed by atoms with Crippen LogP contribution in [0.25, 0.3) is 0 Å². The van der Waals surface area contributed by atoms with Gasteiger partial charge in [0.1, 0.15) is 0 Å². The third-order valence-electron chi connectivity index (χ3n) is 2.08. The van der Waals surface area contributed by atoms with Gasteiger partial charge >= 0.3 is 0 Å². The van der Waals surface area contributed by atoms with E-state index in [9.17, 15) is 9.18 Å². The molecule has 0 aromatic heterocycles. The fourth-order valence-corrected chi connectivity index (χ4v) is 1.15. The summed E-state index contributed by atoms with van der Waals surface area (Å²) in [5.74, 6) is -0.959. The van der Waals surface area contributed by atoms with Crippen molar-refractivity contribution in [1.29, 1.82) is 0 Å². The largest absolute Gasteiger partial charge is 0.291 e. The van der Waals surface area contributed by atoms with Crippen LogP contribution < -0.4 is 0 Å². The highest BCUT2D eigenvalue weighted by Crippen LogP contribution is 2.17. The molecule has 0 spiro atoms. The molecule has 0 saturated carbocycles. The van der Waals surface area contributed by atoms with E-state index < -0.39 is 17.9 Å². The second-order valence-electron chi connectivity index (χ2n) is 3.10. The maximum absolute atomic E-state index is 13.5. The number of hydrogen-bond donors (Lipinski definition) is 0. The minimum Gasteiger partial charge on any atom is -0.291 e. The van der Waals surface area contributed by atoms with Gasteiger partial charge in [-0.2, -0.15) is 0 Å². The van der Waals surface area contributed by atoms with Gasteiger partial charge in [0.05, 0.1) is 0 Å². The molecule has 14 heavy (non-hydrogen) atoms. The van der Waals surface area contributed by atoms with Crippen LogP contribution in [0, 0.1) is 5.92 Å². The number of carbonyl (C=O) groups is 1. The molecule has 2 unspecified atom stereocenters. The molecule has 0 N–H and O–H groups in total. The number of hydrogen-bond acceptors (Lipinski definition) is 1. The van der Waals surface area contributed by atoms with Crippen LogP contribution in [0.2, 0.25) is 0 Å². The number of alkyl halides is 1. The van der Waals surface area contributed by atoms with Crippen molar-refractivity contribution in [2.45, 2.75) is 26.4 Å². The minimum atomic E-state index is -1.51. The lowest BCUT2D eigenvalue weighted by molar-refractivity contribution is -0.121. The summed E-state index contributed by atoms with van der Waals surface area (Å²) in [6.07, 6.45) is 3.72. The van der Waals surface area contributed by atoms with Crippen LogP contribution in [-0.2, 0) is 4.79 Å². The molecule has 1 nitrogen and oxygen atoms in total. The summed E-state index contributed by atoms with van der Waals surface area (Å²) in [6.45, 7) is 10.6. The van der Waals surface area contributed by atoms with E-state index in [-0.39, 0.29) is 5.57 Å². The molecular formula is C12H17FO. The van der Waals surface area contributed by atoms with Crippen molar-refractivity contribution in [1.82, 2.24) is 0 Å². The summed E-state index contributed by atoms with van der Waals surface area (Å²) in [6, 6.07) is 0. The molecule has 0 aliphatic heterocycles. The summed E-state index contributed by atoms with van der Waals surface area (Å²) in [7, 11) is 0. The lowest BCUT2D eigenvalue weighted by Crippen LogP contribution is -2.24. The molecule has 0 aromatic carbocycles. The van der Waals surface area contributed by atoms with E-state index in [1.807, 2.05) is 6.92 Å². The summed E-state index contributed by atoms with van der Waals surface area (Å²) in [5.41, 5.74) is 0.209. The molecule has 0 aliphatic rings. The zero-order valence-corrected chi connectivity index (χ0v) is 8.79. The molecule has 0 aliphatic carbocycles. The molecule has 0 radical (unpaired) electrons. The molecule has 0 amide bonds. The number of halogens is 1. The van der Waals surface area contributed by atoms with Crippen LogP contribution in [0.4, 0.5) is 4.39 Å². The monoisotopic (exact) mass is 196 g/mol. The first-order valence-electron chi connectivity index (χ1n) is 4.70. The van der Waals surface area contributed by atoms with Crippen molar-refractivity contribution in [3.8, 4) is 0 Å². The normalized spacial score (nSPS) is 15.1. The molecule has 0 rings (SSSR count). The Morgan fingerprint density at radius 1 is 1.57 bits per heavy atom. The zero-order valence-electron chi connectivity index (χ0n) is 8.79. The Morgan fingerprint density at radius 3 is 2.50 bits per heavy atom. The second-order valence-corrected chi connectivity index (χ2v) is 3.10. The van der Waals surface area contributed by atoms with Crippen LogP contribution in [0.15, 0.2) is 37.0 Å². The fraction of sp³-hybridized carbons (Fsp3) is 0.417. The first kappa shape index (κ1) is 12.8. The molecule has 2 atom stereocenters. The summed E-state index contributed by atoms with van der Waals surface area (Å²) < 4.78 is 13.5. The number of carbonyl (C=O) groups excluding carboxylic acids is 1. The predicted molar refractivity (Wildman–Crippen MR) is 57.8 cm³/mol. The van der Waals surface area contributed by atoms with Crippen molar-refractivity contribution >= 4 is 5.78 Å². The Labute approximate surface area is 85.0 Å². The summed E-state index contributed by atoms with van der Waals surface area (Å²) in [4.78, 5) is 11.4. The van der Waals surface area contributed by atoms with Crippen molar-refractivity contribution in [2.24, 2.45) is 5.92 Å².